The maximum Gasteiger partial charge on any atom is 0.134 e. The van der Waals surface area contributed by atoms with Crippen LogP contribution in [0.3, 0.4) is 0 Å². The minimum atomic E-state index is -0.0984. The van der Waals surface area contributed by atoms with Crippen molar-refractivity contribution in [2.45, 2.75) is 13.0 Å². The van der Waals surface area contributed by atoms with Crippen LogP contribution in [-0.4, -0.2) is 14.2 Å². The van der Waals surface area contributed by atoms with E-state index in [-0.39, 0.29) is 6.04 Å². The van der Waals surface area contributed by atoms with Crippen LogP contribution in [0.25, 0.3) is 0 Å². The molecule has 0 aliphatic rings. The Morgan fingerprint density at radius 2 is 1.45 bits per heavy atom. The van der Waals surface area contributed by atoms with Gasteiger partial charge in [0.25, 0.3) is 0 Å². The maximum atomic E-state index is 5.95. The van der Waals surface area contributed by atoms with Crippen molar-refractivity contribution < 1.29 is 14.2 Å². The Hall–Kier alpha value is -2.20. The molecule has 0 saturated heterocycles. The van der Waals surface area contributed by atoms with Crippen molar-refractivity contribution in [3.05, 3.63) is 48.0 Å². The minimum Gasteiger partial charge on any atom is -0.496 e. The molecule has 0 spiro atoms. The van der Waals surface area contributed by atoms with E-state index in [4.69, 9.17) is 19.9 Å². The summed E-state index contributed by atoms with van der Waals surface area (Å²) in [6.07, 6.45) is 0. The number of benzene rings is 2. The van der Waals surface area contributed by atoms with Crippen molar-refractivity contribution in [3.63, 3.8) is 0 Å². The molecule has 0 bridgehead atoms. The number of para-hydroxylation sites is 1. The fourth-order valence-electron chi connectivity index (χ4n) is 1.92. The molecule has 0 unspecified atom stereocenters. The van der Waals surface area contributed by atoms with Crippen LogP contribution in [-0.2, 0) is 0 Å². The topological polar surface area (TPSA) is 53.7 Å². The number of nitrogens with two attached hydrogens (primary N) is 1. The third-order valence-electron chi connectivity index (χ3n) is 2.96. The van der Waals surface area contributed by atoms with E-state index < -0.39 is 0 Å². The molecule has 0 aliphatic carbocycles. The molecule has 0 heterocycles. The van der Waals surface area contributed by atoms with Gasteiger partial charge in [-0.1, -0.05) is 18.2 Å². The van der Waals surface area contributed by atoms with Gasteiger partial charge in [0.1, 0.15) is 23.0 Å². The van der Waals surface area contributed by atoms with Gasteiger partial charge in [-0.3, -0.25) is 0 Å². The average Bonchev–Trinajstić information content (AvgIpc) is 2.47. The molecular formula is C16H19NO3. The van der Waals surface area contributed by atoms with Gasteiger partial charge in [0.2, 0.25) is 0 Å². The van der Waals surface area contributed by atoms with Crippen LogP contribution in [0, 0.1) is 0 Å². The van der Waals surface area contributed by atoms with Crippen molar-refractivity contribution in [3.8, 4) is 23.0 Å². The van der Waals surface area contributed by atoms with Gasteiger partial charge < -0.3 is 19.9 Å². The van der Waals surface area contributed by atoms with Crippen LogP contribution in [0.1, 0.15) is 18.5 Å². The van der Waals surface area contributed by atoms with Gasteiger partial charge >= 0.3 is 0 Å². The smallest absolute Gasteiger partial charge is 0.134 e. The highest BCUT2D eigenvalue weighted by Crippen LogP contribution is 2.33. The van der Waals surface area contributed by atoms with E-state index in [1.54, 1.807) is 32.4 Å². The van der Waals surface area contributed by atoms with Crippen LogP contribution in [0.5, 0.6) is 23.0 Å². The van der Waals surface area contributed by atoms with Crippen molar-refractivity contribution in [2.75, 3.05) is 14.2 Å². The first-order chi connectivity index (χ1) is 9.63. The van der Waals surface area contributed by atoms with Gasteiger partial charge in [-0.05, 0) is 13.0 Å². The van der Waals surface area contributed by atoms with E-state index in [9.17, 15) is 0 Å². The summed E-state index contributed by atoms with van der Waals surface area (Å²) in [5.41, 5.74) is 6.90. The van der Waals surface area contributed by atoms with Crippen molar-refractivity contribution in [1.82, 2.24) is 0 Å². The van der Waals surface area contributed by atoms with Crippen molar-refractivity contribution in [1.29, 1.82) is 0 Å². The number of ether oxygens (including phenoxy) is 3. The zero-order valence-electron chi connectivity index (χ0n) is 11.9. The van der Waals surface area contributed by atoms with Crippen molar-refractivity contribution >= 4 is 0 Å². The normalized spacial score (nSPS) is 11.8. The van der Waals surface area contributed by atoms with E-state index in [1.165, 1.54) is 0 Å². The Morgan fingerprint density at radius 3 is 2.00 bits per heavy atom. The van der Waals surface area contributed by atoms with E-state index in [2.05, 4.69) is 0 Å². The molecule has 0 radical (unpaired) electrons. The molecule has 4 heteroatoms. The molecule has 0 fully saturated rings. The number of rotatable bonds is 5. The summed E-state index contributed by atoms with van der Waals surface area (Å²) in [5.74, 6) is 2.74. The molecule has 0 amide bonds. The lowest BCUT2D eigenvalue weighted by atomic mass is 10.1. The Kier molecular flexibility index (Phi) is 4.48. The number of methoxy groups -OCH3 is 2. The summed E-state index contributed by atoms with van der Waals surface area (Å²) < 4.78 is 16.4. The van der Waals surface area contributed by atoms with Gasteiger partial charge in [-0.15, -0.1) is 0 Å². The predicted octanol–water partition coefficient (Wildman–Crippen LogP) is 3.52. The van der Waals surface area contributed by atoms with Crippen LogP contribution in [0.2, 0.25) is 0 Å². The molecule has 0 aliphatic heterocycles. The van der Waals surface area contributed by atoms with Crippen LogP contribution in [0.15, 0.2) is 42.5 Å². The van der Waals surface area contributed by atoms with Gasteiger partial charge in [-0.25, -0.2) is 0 Å². The lowest BCUT2D eigenvalue weighted by molar-refractivity contribution is 0.386. The van der Waals surface area contributed by atoms with Crippen LogP contribution in [0.4, 0.5) is 0 Å². The first-order valence-electron chi connectivity index (χ1n) is 6.39. The third kappa shape index (κ3) is 3.22. The van der Waals surface area contributed by atoms with Gasteiger partial charge in [-0.2, -0.15) is 0 Å². The molecule has 2 aromatic rings. The molecule has 2 rings (SSSR count). The van der Waals surface area contributed by atoms with Gasteiger partial charge in [0.15, 0.2) is 0 Å². The highest BCUT2D eigenvalue weighted by atomic mass is 16.5. The average molecular weight is 273 g/mol. The SMILES string of the molecule is COc1cc(OC)cc(Oc2ccccc2[C@H](C)N)c1. The Balaban J connectivity index is 2.34. The Labute approximate surface area is 119 Å². The zero-order valence-corrected chi connectivity index (χ0v) is 11.9. The lowest BCUT2D eigenvalue weighted by Crippen LogP contribution is -2.06. The molecule has 20 heavy (non-hydrogen) atoms. The van der Waals surface area contributed by atoms with E-state index >= 15 is 0 Å². The van der Waals surface area contributed by atoms with E-state index in [0.29, 0.717) is 17.2 Å². The maximum absolute atomic E-state index is 5.95. The van der Waals surface area contributed by atoms with Crippen molar-refractivity contribution in [2.24, 2.45) is 5.73 Å². The quantitative estimate of drug-likeness (QED) is 0.905. The lowest BCUT2D eigenvalue weighted by Gasteiger charge is -2.14. The second-order valence-corrected chi connectivity index (χ2v) is 4.48. The molecule has 0 saturated carbocycles. The summed E-state index contributed by atoms with van der Waals surface area (Å²) in [6, 6.07) is 13.0. The molecule has 106 valence electrons. The highest BCUT2D eigenvalue weighted by molar-refractivity contribution is 5.45. The van der Waals surface area contributed by atoms with Crippen LogP contribution >= 0.6 is 0 Å². The summed E-state index contributed by atoms with van der Waals surface area (Å²) in [6.45, 7) is 1.92. The fourth-order valence-corrected chi connectivity index (χ4v) is 1.92. The standard InChI is InChI=1S/C16H19NO3/c1-11(17)15-6-4-5-7-16(15)20-14-9-12(18-2)8-13(10-14)19-3/h4-11H,17H2,1-3H3/t11-/m0/s1. The molecule has 4 nitrogen and oxygen atoms in total. The first kappa shape index (κ1) is 14.2. The van der Waals surface area contributed by atoms with Gasteiger partial charge in [0.05, 0.1) is 14.2 Å². The van der Waals surface area contributed by atoms with Crippen LogP contribution < -0.4 is 19.9 Å². The third-order valence-corrected chi connectivity index (χ3v) is 2.96. The number of hydrogen-bond acceptors (Lipinski definition) is 4. The Morgan fingerprint density at radius 1 is 0.900 bits per heavy atom. The largest absolute Gasteiger partial charge is 0.496 e. The second kappa shape index (κ2) is 6.30. The summed E-state index contributed by atoms with van der Waals surface area (Å²) in [7, 11) is 3.21. The predicted molar refractivity (Wildman–Crippen MR) is 78.7 cm³/mol. The van der Waals surface area contributed by atoms with E-state index in [0.717, 1.165) is 11.3 Å². The minimum absolute atomic E-state index is 0.0984. The summed E-state index contributed by atoms with van der Waals surface area (Å²) in [5, 5.41) is 0. The summed E-state index contributed by atoms with van der Waals surface area (Å²) >= 11 is 0. The molecular weight excluding hydrogens is 254 g/mol. The molecule has 1 atom stereocenters. The fraction of sp³-hybridized carbons (Fsp3) is 0.250. The monoisotopic (exact) mass is 273 g/mol. The number of hydrogen-bond donors (Lipinski definition) is 1. The van der Waals surface area contributed by atoms with E-state index in [1.807, 2.05) is 31.2 Å². The molecule has 0 aromatic heterocycles. The highest BCUT2D eigenvalue weighted by Gasteiger charge is 2.10. The zero-order chi connectivity index (χ0) is 14.5. The summed E-state index contributed by atoms with van der Waals surface area (Å²) in [4.78, 5) is 0. The second-order valence-electron chi connectivity index (χ2n) is 4.48. The Bertz CT molecular complexity index is 559. The molecule has 2 N–H and O–H groups in total. The first-order valence-corrected chi connectivity index (χ1v) is 6.39. The van der Waals surface area contributed by atoms with Gasteiger partial charge in [0, 0.05) is 29.8 Å². The molecule has 2 aromatic carbocycles.